The molecule has 0 fully saturated rings. The summed E-state index contributed by atoms with van der Waals surface area (Å²) < 4.78 is 0. The van der Waals surface area contributed by atoms with Gasteiger partial charge in [-0.1, -0.05) is 12.1 Å². The van der Waals surface area contributed by atoms with E-state index in [9.17, 15) is 0 Å². The summed E-state index contributed by atoms with van der Waals surface area (Å²) in [5, 5.41) is 12.1. The topological polar surface area (TPSA) is 38.7 Å². The Morgan fingerprint density at radius 3 is 2.38 bits per heavy atom. The van der Waals surface area contributed by atoms with E-state index in [0.29, 0.717) is 5.82 Å². The van der Waals surface area contributed by atoms with Gasteiger partial charge in [0, 0.05) is 0 Å². The zero-order chi connectivity index (χ0) is 10.8. The van der Waals surface area contributed by atoms with Gasteiger partial charge in [-0.2, -0.15) is 5.10 Å². The third kappa shape index (κ3) is 1.75. The van der Waals surface area contributed by atoms with Crippen LogP contribution in [0.25, 0.3) is 21.3 Å². The first-order chi connectivity index (χ1) is 7.93. The van der Waals surface area contributed by atoms with Crippen molar-refractivity contribution in [2.45, 2.75) is 0 Å². The van der Waals surface area contributed by atoms with Gasteiger partial charge in [-0.3, -0.25) is 0 Å². The van der Waals surface area contributed by atoms with Gasteiger partial charge in [-0.05, 0) is 22.9 Å². The van der Waals surface area contributed by atoms with E-state index in [4.69, 9.17) is 0 Å². The highest BCUT2D eigenvalue weighted by atomic mass is 32.1. The predicted octanol–water partition coefficient (Wildman–Crippen LogP) is 3.33. The van der Waals surface area contributed by atoms with Crippen LogP contribution in [-0.2, 0) is 0 Å². The van der Waals surface area contributed by atoms with Crippen molar-refractivity contribution >= 4 is 22.7 Å². The highest BCUT2D eigenvalue weighted by molar-refractivity contribution is 7.13. The smallest absolute Gasteiger partial charge is 0.192 e. The Morgan fingerprint density at radius 1 is 0.938 bits per heavy atom. The van der Waals surface area contributed by atoms with Gasteiger partial charge in [-0.15, -0.1) is 27.8 Å². The SMILES string of the molecule is c1csc(-c2cnnc(-c3cccs3)n2)c1. The maximum absolute atomic E-state index is 4.50. The van der Waals surface area contributed by atoms with Gasteiger partial charge in [-0.25, -0.2) is 4.98 Å². The summed E-state index contributed by atoms with van der Waals surface area (Å²) >= 11 is 3.28. The summed E-state index contributed by atoms with van der Waals surface area (Å²) in [6.45, 7) is 0. The summed E-state index contributed by atoms with van der Waals surface area (Å²) in [6.07, 6.45) is 1.70. The number of hydrogen-bond donors (Lipinski definition) is 0. The summed E-state index contributed by atoms with van der Waals surface area (Å²) in [6, 6.07) is 8.03. The van der Waals surface area contributed by atoms with Crippen molar-refractivity contribution in [1.82, 2.24) is 15.2 Å². The van der Waals surface area contributed by atoms with Gasteiger partial charge >= 0.3 is 0 Å². The van der Waals surface area contributed by atoms with Crippen molar-refractivity contribution < 1.29 is 0 Å². The minimum absolute atomic E-state index is 0.695. The Labute approximate surface area is 100 Å². The average molecular weight is 245 g/mol. The monoisotopic (exact) mass is 245 g/mol. The van der Waals surface area contributed by atoms with Crippen LogP contribution < -0.4 is 0 Å². The lowest BCUT2D eigenvalue weighted by Crippen LogP contribution is -1.91. The number of aromatic nitrogens is 3. The van der Waals surface area contributed by atoms with E-state index in [0.717, 1.165) is 15.4 Å². The second-order valence-corrected chi connectivity index (χ2v) is 5.02. The third-order valence-corrected chi connectivity index (χ3v) is 3.83. The fourth-order valence-electron chi connectivity index (χ4n) is 1.36. The van der Waals surface area contributed by atoms with Crippen molar-refractivity contribution in [3.8, 4) is 21.3 Å². The first-order valence-electron chi connectivity index (χ1n) is 4.71. The third-order valence-electron chi connectivity index (χ3n) is 2.07. The van der Waals surface area contributed by atoms with Crippen LogP contribution in [0, 0.1) is 0 Å². The molecule has 0 atom stereocenters. The molecule has 0 saturated heterocycles. The average Bonchev–Trinajstić information content (AvgIpc) is 3.03. The molecule has 3 aromatic rings. The van der Waals surface area contributed by atoms with Crippen LogP contribution in [0.2, 0.25) is 0 Å². The largest absolute Gasteiger partial charge is 0.223 e. The van der Waals surface area contributed by atoms with Crippen molar-refractivity contribution in [1.29, 1.82) is 0 Å². The molecule has 78 valence electrons. The number of thiophene rings is 2. The predicted molar refractivity (Wildman–Crippen MR) is 66.5 cm³/mol. The van der Waals surface area contributed by atoms with Crippen LogP contribution in [0.1, 0.15) is 0 Å². The molecule has 0 N–H and O–H groups in total. The van der Waals surface area contributed by atoms with Crippen LogP contribution in [0.3, 0.4) is 0 Å². The van der Waals surface area contributed by atoms with E-state index in [-0.39, 0.29) is 0 Å². The van der Waals surface area contributed by atoms with Crippen molar-refractivity contribution in [3.05, 3.63) is 41.2 Å². The van der Waals surface area contributed by atoms with Crippen LogP contribution >= 0.6 is 22.7 Å². The minimum Gasteiger partial charge on any atom is -0.223 e. The van der Waals surface area contributed by atoms with Gasteiger partial charge in [0.1, 0.15) is 5.69 Å². The Balaban J connectivity index is 2.07. The molecule has 3 rings (SSSR count). The molecule has 3 nitrogen and oxygen atoms in total. The molecule has 5 heteroatoms. The summed E-state index contributed by atoms with van der Waals surface area (Å²) in [5.74, 6) is 0.695. The molecule has 0 radical (unpaired) electrons. The van der Waals surface area contributed by atoms with E-state index >= 15 is 0 Å². The Kier molecular flexibility index (Phi) is 2.47. The Bertz CT molecular complexity index is 524. The van der Waals surface area contributed by atoms with Gasteiger partial charge in [0.05, 0.1) is 16.0 Å². The molecule has 0 spiro atoms. The molecule has 0 aromatic carbocycles. The van der Waals surface area contributed by atoms with E-state index in [1.807, 2.05) is 35.0 Å². The van der Waals surface area contributed by atoms with Crippen molar-refractivity contribution in [2.75, 3.05) is 0 Å². The van der Waals surface area contributed by atoms with Crippen molar-refractivity contribution in [2.24, 2.45) is 0 Å². The molecule has 3 heterocycles. The Hall–Kier alpha value is -1.59. The standard InChI is InChI=1S/C11H7N3S2/c1-3-9(15-5-1)8-7-12-14-11(13-8)10-4-2-6-16-10/h1-7H. The molecule has 0 unspecified atom stereocenters. The highest BCUT2D eigenvalue weighted by Crippen LogP contribution is 2.25. The van der Waals surface area contributed by atoms with E-state index in [1.54, 1.807) is 28.9 Å². The van der Waals surface area contributed by atoms with Crippen LogP contribution in [0.5, 0.6) is 0 Å². The lowest BCUT2D eigenvalue weighted by atomic mass is 10.3. The maximum Gasteiger partial charge on any atom is 0.192 e. The number of hydrogen-bond acceptors (Lipinski definition) is 5. The quantitative estimate of drug-likeness (QED) is 0.695. The zero-order valence-corrected chi connectivity index (χ0v) is 9.83. The number of rotatable bonds is 2. The second kappa shape index (κ2) is 4.11. The van der Waals surface area contributed by atoms with Crippen molar-refractivity contribution in [3.63, 3.8) is 0 Å². The zero-order valence-electron chi connectivity index (χ0n) is 8.20. The molecular formula is C11H7N3S2. The van der Waals surface area contributed by atoms with Gasteiger partial charge in [0.2, 0.25) is 0 Å². The Morgan fingerprint density at radius 2 is 1.69 bits per heavy atom. The second-order valence-electron chi connectivity index (χ2n) is 3.12. The summed E-state index contributed by atoms with van der Waals surface area (Å²) in [4.78, 5) is 6.67. The van der Waals surface area contributed by atoms with E-state index in [2.05, 4.69) is 15.2 Å². The molecule has 16 heavy (non-hydrogen) atoms. The van der Waals surface area contributed by atoms with Gasteiger partial charge < -0.3 is 0 Å². The molecule has 0 aliphatic carbocycles. The van der Waals surface area contributed by atoms with Crippen LogP contribution in [0.15, 0.2) is 41.2 Å². The molecule has 0 bridgehead atoms. The van der Waals surface area contributed by atoms with E-state index in [1.165, 1.54) is 0 Å². The first kappa shape index (κ1) is 9.62. The summed E-state index contributed by atoms with van der Waals surface area (Å²) in [7, 11) is 0. The fourth-order valence-corrected chi connectivity index (χ4v) is 2.69. The maximum atomic E-state index is 4.50. The van der Waals surface area contributed by atoms with Gasteiger partial charge in [0.15, 0.2) is 5.82 Å². The van der Waals surface area contributed by atoms with Crippen LogP contribution in [0.4, 0.5) is 0 Å². The fraction of sp³-hybridized carbons (Fsp3) is 0. The molecule has 3 aromatic heterocycles. The highest BCUT2D eigenvalue weighted by Gasteiger charge is 2.06. The lowest BCUT2D eigenvalue weighted by Gasteiger charge is -1.98. The molecule has 0 aliphatic heterocycles. The number of nitrogens with zero attached hydrogens (tertiary/aromatic N) is 3. The minimum atomic E-state index is 0.695. The lowest BCUT2D eigenvalue weighted by molar-refractivity contribution is 0.990. The molecule has 0 saturated carbocycles. The first-order valence-corrected chi connectivity index (χ1v) is 6.47. The molecular weight excluding hydrogens is 238 g/mol. The van der Waals surface area contributed by atoms with Crippen LogP contribution in [-0.4, -0.2) is 15.2 Å². The van der Waals surface area contributed by atoms with E-state index < -0.39 is 0 Å². The molecule has 0 amide bonds. The molecule has 0 aliphatic rings. The summed E-state index contributed by atoms with van der Waals surface area (Å²) in [5.41, 5.74) is 0.883. The van der Waals surface area contributed by atoms with Gasteiger partial charge in [0.25, 0.3) is 0 Å². The normalized spacial score (nSPS) is 10.5.